The molecule has 0 spiro atoms. The fraction of sp³-hybridized carbons (Fsp3) is 0.500. The van der Waals surface area contributed by atoms with Crippen LogP contribution in [0.4, 0.5) is 0 Å². The smallest absolute Gasteiger partial charge is 0.324 e. The number of thioether (sulfide) groups is 1. The normalized spacial score (nSPS) is 16.0. The van der Waals surface area contributed by atoms with Crippen molar-refractivity contribution in [3.63, 3.8) is 0 Å². The van der Waals surface area contributed by atoms with Crippen molar-refractivity contribution < 1.29 is 9.53 Å². The molecule has 0 amide bonds. The van der Waals surface area contributed by atoms with Crippen LogP contribution in [0.15, 0.2) is 29.6 Å². The summed E-state index contributed by atoms with van der Waals surface area (Å²) in [6, 6.07) is 5.93. The van der Waals surface area contributed by atoms with Crippen LogP contribution in [0.2, 0.25) is 0 Å². The molecule has 2 heterocycles. The molecule has 1 fully saturated rings. The predicted molar refractivity (Wildman–Crippen MR) is 80.3 cm³/mol. The number of rotatable bonds is 7. The molecule has 1 aliphatic rings. The lowest BCUT2D eigenvalue weighted by Crippen LogP contribution is -2.41. The van der Waals surface area contributed by atoms with Gasteiger partial charge in [0.15, 0.2) is 10.8 Å². The summed E-state index contributed by atoms with van der Waals surface area (Å²) in [5.74, 6) is 0.399. The summed E-state index contributed by atoms with van der Waals surface area (Å²) in [5, 5.41) is 12.4. The van der Waals surface area contributed by atoms with Gasteiger partial charge in [-0.3, -0.25) is 9.20 Å². The summed E-state index contributed by atoms with van der Waals surface area (Å²) < 4.78 is 7.05. The van der Waals surface area contributed by atoms with Gasteiger partial charge < -0.3 is 10.1 Å². The van der Waals surface area contributed by atoms with Gasteiger partial charge >= 0.3 is 5.97 Å². The Morgan fingerprint density at radius 2 is 2.38 bits per heavy atom. The summed E-state index contributed by atoms with van der Waals surface area (Å²) in [4.78, 5) is 12.0. The largest absolute Gasteiger partial charge is 0.465 e. The van der Waals surface area contributed by atoms with E-state index in [0.717, 1.165) is 23.6 Å². The van der Waals surface area contributed by atoms with Crippen LogP contribution in [0, 0.1) is 0 Å². The number of fused-ring (bicyclic) bond motifs is 1. The average molecular weight is 306 g/mol. The Hall–Kier alpha value is -1.60. The Labute approximate surface area is 127 Å². The molecule has 0 radical (unpaired) electrons. The molecule has 1 atom stereocenters. The van der Waals surface area contributed by atoms with Crippen molar-refractivity contribution in [1.29, 1.82) is 0 Å². The molecule has 0 aliphatic heterocycles. The highest BCUT2D eigenvalue weighted by Gasteiger charge is 2.29. The minimum atomic E-state index is -0.293. The van der Waals surface area contributed by atoms with Gasteiger partial charge in [-0.25, -0.2) is 0 Å². The van der Waals surface area contributed by atoms with Crippen LogP contribution in [-0.4, -0.2) is 45.0 Å². The summed E-state index contributed by atoms with van der Waals surface area (Å²) >= 11 is 1.51. The molecule has 6 nitrogen and oxygen atoms in total. The van der Waals surface area contributed by atoms with Crippen molar-refractivity contribution in [2.24, 2.45) is 0 Å². The molecule has 0 aromatic carbocycles. The van der Waals surface area contributed by atoms with Crippen LogP contribution in [0.1, 0.15) is 19.8 Å². The van der Waals surface area contributed by atoms with Gasteiger partial charge in [-0.2, -0.15) is 0 Å². The number of nitrogens with zero attached hydrogens (tertiary/aromatic N) is 3. The molecule has 7 heteroatoms. The number of pyridine rings is 1. The number of carbonyl (C=O) groups excluding carboxylic acids is 1. The average Bonchev–Trinajstić information content (AvgIpc) is 3.22. The van der Waals surface area contributed by atoms with Gasteiger partial charge in [0.1, 0.15) is 6.04 Å². The zero-order chi connectivity index (χ0) is 14.7. The highest BCUT2D eigenvalue weighted by Crippen LogP contribution is 2.22. The first-order valence-electron chi connectivity index (χ1n) is 7.13. The van der Waals surface area contributed by atoms with Crippen molar-refractivity contribution >= 4 is 23.4 Å². The summed E-state index contributed by atoms with van der Waals surface area (Å²) in [6.07, 6.45) is 4.19. The Morgan fingerprint density at radius 1 is 1.52 bits per heavy atom. The second kappa shape index (κ2) is 6.44. The highest BCUT2D eigenvalue weighted by atomic mass is 32.2. The Morgan fingerprint density at radius 3 is 3.14 bits per heavy atom. The van der Waals surface area contributed by atoms with E-state index in [1.165, 1.54) is 11.8 Å². The van der Waals surface area contributed by atoms with Gasteiger partial charge in [0.05, 0.1) is 6.61 Å². The molecule has 3 rings (SSSR count). The van der Waals surface area contributed by atoms with E-state index in [4.69, 9.17) is 4.74 Å². The first kappa shape index (κ1) is 14.3. The molecular weight excluding hydrogens is 288 g/mol. The van der Waals surface area contributed by atoms with E-state index in [2.05, 4.69) is 15.5 Å². The molecule has 112 valence electrons. The lowest BCUT2D eigenvalue weighted by atomic mass is 10.3. The maximum Gasteiger partial charge on any atom is 0.324 e. The maximum absolute atomic E-state index is 12.0. The lowest BCUT2D eigenvalue weighted by Gasteiger charge is -2.16. The Kier molecular flexibility index (Phi) is 4.40. The molecule has 1 aliphatic carbocycles. The minimum absolute atomic E-state index is 0.189. The molecule has 0 bridgehead atoms. The van der Waals surface area contributed by atoms with Gasteiger partial charge in [-0.1, -0.05) is 17.8 Å². The van der Waals surface area contributed by atoms with E-state index in [0.29, 0.717) is 18.4 Å². The van der Waals surface area contributed by atoms with Gasteiger partial charge in [-0.15, -0.1) is 10.2 Å². The third-order valence-corrected chi connectivity index (χ3v) is 4.28. The van der Waals surface area contributed by atoms with Gasteiger partial charge in [-0.05, 0) is 31.9 Å². The van der Waals surface area contributed by atoms with E-state index >= 15 is 0 Å². The van der Waals surface area contributed by atoms with Crippen molar-refractivity contribution in [3.05, 3.63) is 24.4 Å². The molecule has 1 saturated carbocycles. The number of aromatic nitrogens is 3. The van der Waals surface area contributed by atoms with Crippen LogP contribution in [-0.2, 0) is 9.53 Å². The van der Waals surface area contributed by atoms with Crippen molar-refractivity contribution in [3.8, 4) is 0 Å². The molecule has 21 heavy (non-hydrogen) atoms. The number of esters is 1. The number of hydrogen-bond acceptors (Lipinski definition) is 6. The van der Waals surface area contributed by atoms with E-state index in [9.17, 15) is 4.79 Å². The molecule has 2 aromatic rings. The monoisotopic (exact) mass is 306 g/mol. The summed E-state index contributed by atoms with van der Waals surface area (Å²) in [5.41, 5.74) is 0.808. The molecular formula is C14H18N4O2S. The second-order valence-corrected chi connectivity index (χ2v) is 5.96. The van der Waals surface area contributed by atoms with Crippen molar-refractivity contribution in [2.75, 3.05) is 12.4 Å². The Bertz CT molecular complexity index is 626. The quantitative estimate of drug-likeness (QED) is 0.618. The van der Waals surface area contributed by atoms with Crippen molar-refractivity contribution in [1.82, 2.24) is 19.9 Å². The van der Waals surface area contributed by atoms with Crippen LogP contribution >= 0.6 is 11.8 Å². The summed E-state index contributed by atoms with van der Waals surface area (Å²) in [7, 11) is 0. The van der Waals surface area contributed by atoms with Crippen molar-refractivity contribution in [2.45, 2.75) is 37.0 Å². The lowest BCUT2D eigenvalue weighted by molar-refractivity contribution is -0.145. The zero-order valence-electron chi connectivity index (χ0n) is 11.9. The maximum atomic E-state index is 12.0. The minimum Gasteiger partial charge on any atom is -0.465 e. The predicted octanol–water partition coefficient (Wildman–Crippen LogP) is 1.51. The SMILES string of the molecule is CCOC(=O)C(CSc1nnc2ccccn12)NC1CC1. The molecule has 0 saturated heterocycles. The first-order chi connectivity index (χ1) is 10.3. The van der Waals surface area contributed by atoms with Gasteiger partial charge in [0, 0.05) is 18.0 Å². The van der Waals surface area contributed by atoms with Crippen LogP contribution in [0.25, 0.3) is 5.65 Å². The van der Waals surface area contributed by atoms with E-state index in [-0.39, 0.29) is 12.0 Å². The number of carbonyl (C=O) groups is 1. The highest BCUT2D eigenvalue weighted by molar-refractivity contribution is 7.99. The van der Waals surface area contributed by atoms with Crippen LogP contribution < -0.4 is 5.32 Å². The molecule has 1 N–H and O–H groups in total. The third kappa shape index (κ3) is 3.54. The summed E-state index contributed by atoms with van der Waals surface area (Å²) in [6.45, 7) is 2.23. The van der Waals surface area contributed by atoms with Gasteiger partial charge in [0.2, 0.25) is 0 Å². The first-order valence-corrected chi connectivity index (χ1v) is 8.11. The van der Waals surface area contributed by atoms with Crippen LogP contribution in [0.5, 0.6) is 0 Å². The fourth-order valence-electron chi connectivity index (χ4n) is 2.04. The van der Waals surface area contributed by atoms with E-state index in [1.54, 1.807) is 0 Å². The standard InChI is InChI=1S/C14H18N4O2S/c1-2-20-13(19)11(15-10-6-7-10)9-21-14-17-16-12-5-3-4-8-18(12)14/h3-5,8,10-11,15H,2,6-7,9H2,1H3. The van der Waals surface area contributed by atoms with E-state index in [1.807, 2.05) is 35.7 Å². The van der Waals surface area contributed by atoms with Gasteiger partial charge in [0.25, 0.3) is 0 Å². The number of ether oxygens (including phenoxy) is 1. The second-order valence-electron chi connectivity index (χ2n) is 4.97. The van der Waals surface area contributed by atoms with Crippen LogP contribution in [0.3, 0.4) is 0 Å². The number of nitrogens with one attached hydrogen (secondary N) is 1. The zero-order valence-corrected chi connectivity index (χ0v) is 12.7. The topological polar surface area (TPSA) is 68.5 Å². The Balaban J connectivity index is 1.66. The molecule has 1 unspecified atom stereocenters. The fourth-order valence-corrected chi connectivity index (χ4v) is 2.98. The number of hydrogen-bond donors (Lipinski definition) is 1. The van der Waals surface area contributed by atoms with E-state index < -0.39 is 0 Å². The third-order valence-electron chi connectivity index (χ3n) is 3.25. The molecule has 2 aromatic heterocycles.